The summed E-state index contributed by atoms with van der Waals surface area (Å²) in [5, 5.41) is 2.55. The second-order valence-corrected chi connectivity index (χ2v) is 6.45. The van der Waals surface area contributed by atoms with E-state index >= 15 is 0 Å². The zero-order chi connectivity index (χ0) is 18.7. The predicted molar refractivity (Wildman–Crippen MR) is 96.1 cm³/mol. The van der Waals surface area contributed by atoms with E-state index in [1.54, 1.807) is 36.7 Å². The summed E-state index contributed by atoms with van der Waals surface area (Å²) in [6.45, 7) is 1.82. The molecule has 26 heavy (non-hydrogen) atoms. The van der Waals surface area contributed by atoms with Crippen molar-refractivity contribution in [3.05, 3.63) is 47.8 Å². The van der Waals surface area contributed by atoms with Gasteiger partial charge in [0.25, 0.3) is 5.91 Å². The van der Waals surface area contributed by atoms with Crippen LogP contribution in [0.1, 0.15) is 22.3 Å². The highest BCUT2D eigenvalue weighted by atomic mass is 19.1. The van der Waals surface area contributed by atoms with Gasteiger partial charge in [-0.3, -0.25) is 14.9 Å². The molecule has 2 amide bonds. The summed E-state index contributed by atoms with van der Waals surface area (Å²) in [6, 6.07) is 6.40. The van der Waals surface area contributed by atoms with Crippen LogP contribution in [0.4, 0.5) is 10.3 Å². The lowest BCUT2D eigenvalue weighted by atomic mass is 9.95. The second kappa shape index (κ2) is 7.64. The van der Waals surface area contributed by atoms with E-state index in [0.717, 1.165) is 5.56 Å². The maximum atomic E-state index is 13.3. The van der Waals surface area contributed by atoms with Gasteiger partial charge in [0, 0.05) is 30.4 Å². The average Bonchev–Trinajstić information content (AvgIpc) is 3.31. The lowest BCUT2D eigenvalue weighted by Crippen LogP contribution is -2.40. The number of nitrogens with zero attached hydrogens (tertiary/aromatic N) is 3. The molecule has 0 aliphatic heterocycles. The minimum Gasteiger partial charge on any atom is -0.329 e. The van der Waals surface area contributed by atoms with E-state index in [0.29, 0.717) is 17.4 Å². The van der Waals surface area contributed by atoms with Crippen LogP contribution in [0.15, 0.2) is 36.7 Å². The third-order valence-electron chi connectivity index (χ3n) is 4.10. The standard InChI is InChI=1S/C18H18BFN4O2/c1-11-7-21-18(22-8-11)23-16(25)10-24(9-13-6-15(13)20)17(26)12-2-4-14(19)5-3-12/h2-5,7-8,13,15H,6,9-10H2,1H3,(H,21,22,23,25)/t13-,15-/m0/s1. The highest BCUT2D eigenvalue weighted by molar-refractivity contribution is 6.32. The number of rotatable bonds is 6. The molecule has 132 valence electrons. The molecule has 1 saturated carbocycles. The van der Waals surface area contributed by atoms with Gasteiger partial charge in [-0.15, -0.1) is 0 Å². The topological polar surface area (TPSA) is 75.2 Å². The smallest absolute Gasteiger partial charge is 0.254 e. The second-order valence-electron chi connectivity index (χ2n) is 6.45. The van der Waals surface area contributed by atoms with Gasteiger partial charge in [0.1, 0.15) is 20.6 Å². The van der Waals surface area contributed by atoms with Gasteiger partial charge >= 0.3 is 0 Å². The number of benzene rings is 1. The Balaban J connectivity index is 1.68. The van der Waals surface area contributed by atoms with Gasteiger partial charge in [-0.25, -0.2) is 14.4 Å². The summed E-state index contributed by atoms with van der Waals surface area (Å²) >= 11 is 0. The molecule has 1 aromatic heterocycles. The summed E-state index contributed by atoms with van der Waals surface area (Å²) in [7, 11) is 5.64. The first kappa shape index (κ1) is 18.0. The van der Waals surface area contributed by atoms with Gasteiger partial charge in [0.05, 0.1) is 0 Å². The number of aryl methyl sites for hydroxylation is 1. The maximum absolute atomic E-state index is 13.3. The molecule has 1 N–H and O–H groups in total. The van der Waals surface area contributed by atoms with Crippen LogP contribution in [0.25, 0.3) is 0 Å². The number of halogens is 1. The molecule has 0 spiro atoms. The van der Waals surface area contributed by atoms with Crippen LogP contribution in [0.3, 0.4) is 0 Å². The van der Waals surface area contributed by atoms with Crippen molar-refractivity contribution in [2.75, 3.05) is 18.4 Å². The Morgan fingerprint density at radius 2 is 1.88 bits per heavy atom. The number of carbonyl (C=O) groups is 2. The number of hydrogen-bond donors (Lipinski definition) is 1. The zero-order valence-electron chi connectivity index (χ0n) is 14.4. The van der Waals surface area contributed by atoms with Crippen molar-refractivity contribution in [3.8, 4) is 0 Å². The molecular weight excluding hydrogens is 334 g/mol. The summed E-state index contributed by atoms with van der Waals surface area (Å²) in [5.41, 5.74) is 1.80. The fourth-order valence-corrected chi connectivity index (χ4v) is 2.50. The Hall–Kier alpha value is -2.77. The van der Waals surface area contributed by atoms with Crippen molar-refractivity contribution in [1.29, 1.82) is 0 Å². The fourth-order valence-electron chi connectivity index (χ4n) is 2.50. The van der Waals surface area contributed by atoms with E-state index in [-0.39, 0.29) is 30.9 Å². The highest BCUT2D eigenvalue weighted by Crippen LogP contribution is 2.34. The molecule has 1 heterocycles. The van der Waals surface area contributed by atoms with Crippen LogP contribution in [-0.4, -0.2) is 53.8 Å². The van der Waals surface area contributed by atoms with Crippen LogP contribution < -0.4 is 10.8 Å². The number of alkyl halides is 1. The van der Waals surface area contributed by atoms with Crippen molar-refractivity contribution < 1.29 is 14.0 Å². The van der Waals surface area contributed by atoms with E-state index in [1.807, 2.05) is 6.92 Å². The molecule has 1 aliphatic carbocycles. The lowest BCUT2D eigenvalue weighted by molar-refractivity contribution is -0.117. The van der Waals surface area contributed by atoms with Crippen LogP contribution in [0, 0.1) is 12.8 Å². The van der Waals surface area contributed by atoms with Crippen LogP contribution >= 0.6 is 0 Å². The van der Waals surface area contributed by atoms with E-state index < -0.39 is 12.1 Å². The zero-order valence-corrected chi connectivity index (χ0v) is 14.4. The minimum atomic E-state index is -0.916. The van der Waals surface area contributed by atoms with Crippen LogP contribution in [0.2, 0.25) is 0 Å². The monoisotopic (exact) mass is 352 g/mol. The van der Waals surface area contributed by atoms with E-state index in [2.05, 4.69) is 15.3 Å². The Morgan fingerprint density at radius 3 is 2.46 bits per heavy atom. The minimum absolute atomic E-state index is 0.162. The maximum Gasteiger partial charge on any atom is 0.254 e. The molecule has 1 aliphatic rings. The molecule has 6 nitrogen and oxygen atoms in total. The van der Waals surface area contributed by atoms with Gasteiger partial charge in [-0.2, -0.15) is 0 Å². The Kier molecular flexibility index (Phi) is 5.30. The number of nitrogens with one attached hydrogen (secondary N) is 1. The molecular formula is C18H18BFN4O2. The number of carbonyl (C=O) groups excluding carboxylic acids is 2. The summed E-state index contributed by atoms with van der Waals surface area (Å²) in [6.07, 6.45) is 2.66. The first-order valence-corrected chi connectivity index (χ1v) is 8.30. The van der Waals surface area contributed by atoms with Crippen molar-refractivity contribution in [3.63, 3.8) is 0 Å². The first-order valence-electron chi connectivity index (χ1n) is 8.30. The van der Waals surface area contributed by atoms with Gasteiger partial charge < -0.3 is 4.90 Å². The molecule has 2 aromatic rings. The third-order valence-corrected chi connectivity index (χ3v) is 4.10. The Morgan fingerprint density at radius 1 is 1.27 bits per heavy atom. The third kappa shape index (κ3) is 4.65. The molecule has 1 aromatic carbocycles. The molecule has 0 bridgehead atoms. The predicted octanol–water partition coefficient (Wildman–Crippen LogP) is 1.02. The molecule has 1 fully saturated rings. The van der Waals surface area contributed by atoms with Gasteiger partial charge in [-0.1, -0.05) is 29.7 Å². The van der Waals surface area contributed by atoms with E-state index in [4.69, 9.17) is 7.85 Å². The van der Waals surface area contributed by atoms with Crippen molar-refractivity contribution >= 4 is 31.1 Å². The molecule has 8 heteroatoms. The summed E-state index contributed by atoms with van der Waals surface area (Å²) < 4.78 is 13.3. The molecule has 0 saturated heterocycles. The molecule has 3 rings (SSSR count). The quantitative estimate of drug-likeness (QED) is 0.788. The van der Waals surface area contributed by atoms with Gasteiger partial charge in [-0.05, 0) is 18.9 Å². The van der Waals surface area contributed by atoms with Gasteiger partial charge in [0.2, 0.25) is 11.9 Å². The first-order chi connectivity index (χ1) is 12.4. The van der Waals surface area contributed by atoms with Gasteiger partial charge in [0.15, 0.2) is 0 Å². The van der Waals surface area contributed by atoms with Crippen LogP contribution in [-0.2, 0) is 4.79 Å². The number of aromatic nitrogens is 2. The van der Waals surface area contributed by atoms with Crippen LogP contribution in [0.5, 0.6) is 0 Å². The fraction of sp³-hybridized carbons (Fsp3) is 0.333. The average molecular weight is 352 g/mol. The Bertz CT molecular complexity index is 798. The summed E-state index contributed by atoms with van der Waals surface area (Å²) in [5.74, 6) is -0.843. The normalized spacial score (nSPS) is 18.2. The van der Waals surface area contributed by atoms with Crippen molar-refractivity contribution in [1.82, 2.24) is 14.9 Å². The number of hydrogen-bond acceptors (Lipinski definition) is 4. The number of amides is 2. The van der Waals surface area contributed by atoms with E-state index in [9.17, 15) is 14.0 Å². The number of anilines is 1. The molecule has 2 atom stereocenters. The lowest BCUT2D eigenvalue weighted by Gasteiger charge is -2.22. The highest BCUT2D eigenvalue weighted by Gasteiger charge is 2.40. The van der Waals surface area contributed by atoms with Crippen molar-refractivity contribution in [2.45, 2.75) is 19.5 Å². The largest absolute Gasteiger partial charge is 0.329 e. The Labute approximate surface area is 152 Å². The molecule has 0 unspecified atom stereocenters. The van der Waals surface area contributed by atoms with E-state index in [1.165, 1.54) is 4.90 Å². The van der Waals surface area contributed by atoms with Crippen molar-refractivity contribution in [2.24, 2.45) is 5.92 Å². The summed E-state index contributed by atoms with van der Waals surface area (Å²) in [4.78, 5) is 34.3. The molecule has 2 radical (unpaired) electrons. The SMILES string of the molecule is [B]c1ccc(C(=O)N(CC(=O)Nc2ncc(C)cn2)C[C@@H]2C[C@@H]2F)cc1.